The summed E-state index contributed by atoms with van der Waals surface area (Å²) in [6.45, 7) is 2.96. The maximum absolute atomic E-state index is 13.4. The van der Waals surface area contributed by atoms with Crippen molar-refractivity contribution in [2.24, 2.45) is 5.92 Å². The van der Waals surface area contributed by atoms with Gasteiger partial charge in [-0.25, -0.2) is 0 Å². The third kappa shape index (κ3) is 3.23. The second-order valence-electron chi connectivity index (χ2n) is 8.55. The maximum Gasteiger partial charge on any atom is 0.258 e. The minimum atomic E-state index is -1.01. The molecule has 1 aromatic heterocycles. The van der Waals surface area contributed by atoms with Gasteiger partial charge >= 0.3 is 0 Å². The average Bonchev–Trinajstić information content (AvgIpc) is 2.82. The summed E-state index contributed by atoms with van der Waals surface area (Å²) >= 11 is 0. The Morgan fingerprint density at radius 1 is 1.16 bits per heavy atom. The molecule has 162 valence electrons. The topological polar surface area (TPSA) is 102 Å². The van der Waals surface area contributed by atoms with Crippen molar-refractivity contribution in [3.63, 3.8) is 0 Å². The van der Waals surface area contributed by atoms with E-state index in [0.29, 0.717) is 17.6 Å². The van der Waals surface area contributed by atoms with Gasteiger partial charge in [-0.2, -0.15) is 10.2 Å². The number of nitriles is 1. The van der Waals surface area contributed by atoms with Crippen LogP contribution in [0.4, 0.5) is 11.8 Å². The first-order chi connectivity index (χ1) is 15.6. The Labute approximate surface area is 186 Å². The number of rotatable bonds is 3. The monoisotopic (exact) mass is 427 g/mol. The predicted molar refractivity (Wildman–Crippen MR) is 124 cm³/mol. The molecule has 7 heteroatoms. The molecular weight excluding hydrogens is 402 g/mol. The number of benzene rings is 2. The summed E-state index contributed by atoms with van der Waals surface area (Å²) < 4.78 is 0. The average molecular weight is 428 g/mol. The molecule has 2 aliphatic rings. The van der Waals surface area contributed by atoms with Crippen LogP contribution in [0.5, 0.6) is 0 Å². The Balaban J connectivity index is 1.69. The lowest BCUT2D eigenvalue weighted by atomic mass is 9.77. The Morgan fingerprint density at radius 2 is 1.97 bits per heavy atom. The van der Waals surface area contributed by atoms with Crippen LogP contribution in [0.3, 0.4) is 0 Å². The molecule has 32 heavy (non-hydrogen) atoms. The molecule has 2 aromatic carbocycles. The zero-order valence-electron chi connectivity index (χ0n) is 18.0. The van der Waals surface area contributed by atoms with Gasteiger partial charge in [0.2, 0.25) is 11.9 Å². The Hall–Kier alpha value is -3.66. The minimum Gasteiger partial charge on any atom is -0.339 e. The molecule has 3 aromatic rings. The zero-order chi connectivity index (χ0) is 22.2. The van der Waals surface area contributed by atoms with Crippen molar-refractivity contribution in [1.82, 2.24) is 9.97 Å². The smallest absolute Gasteiger partial charge is 0.258 e. The highest BCUT2D eigenvalue weighted by molar-refractivity contribution is 5.99. The summed E-state index contributed by atoms with van der Waals surface area (Å²) in [5.41, 5.74) is 0.833. The summed E-state index contributed by atoms with van der Waals surface area (Å²) in [6, 6.07) is 16.0. The van der Waals surface area contributed by atoms with E-state index in [1.807, 2.05) is 42.5 Å². The van der Waals surface area contributed by atoms with Crippen molar-refractivity contribution < 1.29 is 4.79 Å². The molecule has 0 radical (unpaired) electrons. The van der Waals surface area contributed by atoms with Crippen molar-refractivity contribution in [2.45, 2.75) is 44.6 Å². The number of aromatic nitrogens is 2. The summed E-state index contributed by atoms with van der Waals surface area (Å²) in [5, 5.41) is 14.5. The first kappa shape index (κ1) is 20.3. The number of piperidine rings is 1. The molecule has 3 heterocycles. The molecule has 7 nitrogen and oxygen atoms in total. The van der Waals surface area contributed by atoms with Gasteiger partial charge in [-0.1, -0.05) is 49.4 Å². The third-order valence-electron chi connectivity index (χ3n) is 6.78. The van der Waals surface area contributed by atoms with Gasteiger partial charge in [-0.3, -0.25) is 14.6 Å². The number of carbonyl (C=O) groups is 1. The van der Waals surface area contributed by atoms with Crippen LogP contribution in [0.25, 0.3) is 10.8 Å². The van der Waals surface area contributed by atoms with Gasteiger partial charge in [0, 0.05) is 18.5 Å². The molecule has 5 rings (SSSR count). The first-order valence-electron chi connectivity index (χ1n) is 11.2. The van der Waals surface area contributed by atoms with Crippen LogP contribution in [-0.2, 0) is 4.79 Å². The Bertz CT molecular complexity index is 1290. The number of H-pyrrole nitrogens is 1. The predicted octanol–water partition coefficient (Wildman–Crippen LogP) is 3.92. The number of nitrogens with one attached hydrogen (secondary N) is 2. The van der Waals surface area contributed by atoms with Crippen LogP contribution in [0.1, 0.15) is 49.7 Å². The highest BCUT2D eigenvalue weighted by atomic mass is 16.2. The highest BCUT2D eigenvalue weighted by Crippen LogP contribution is 2.41. The molecule has 0 saturated carbocycles. The van der Waals surface area contributed by atoms with Crippen LogP contribution in [0.2, 0.25) is 0 Å². The lowest BCUT2D eigenvalue weighted by molar-refractivity contribution is -0.119. The first-order valence-corrected chi connectivity index (χ1v) is 11.2. The number of nitrogens with zero attached hydrogens (tertiary/aromatic N) is 3. The molecule has 0 spiro atoms. The molecule has 1 fully saturated rings. The summed E-state index contributed by atoms with van der Waals surface area (Å²) in [5.74, 6) is -1.37. The SMILES string of the molecule is CCC1CCCCN1c1nc2c(c(=O)[nH]1)C(c1cccc3ccccc13)C(C#N)C(=O)N2. The van der Waals surface area contributed by atoms with Crippen molar-refractivity contribution >= 4 is 28.4 Å². The van der Waals surface area contributed by atoms with Gasteiger partial charge in [-0.15, -0.1) is 0 Å². The largest absolute Gasteiger partial charge is 0.339 e. The minimum absolute atomic E-state index is 0.263. The second-order valence-corrected chi connectivity index (χ2v) is 8.55. The summed E-state index contributed by atoms with van der Waals surface area (Å²) in [4.78, 5) is 36.2. The van der Waals surface area contributed by atoms with Gasteiger partial charge in [0.1, 0.15) is 11.7 Å². The number of aromatic amines is 1. The van der Waals surface area contributed by atoms with E-state index in [4.69, 9.17) is 4.98 Å². The van der Waals surface area contributed by atoms with E-state index in [1.54, 1.807) is 0 Å². The van der Waals surface area contributed by atoms with Crippen molar-refractivity contribution in [1.29, 1.82) is 5.26 Å². The molecule has 3 atom stereocenters. The van der Waals surface area contributed by atoms with Crippen molar-refractivity contribution in [2.75, 3.05) is 16.8 Å². The number of amides is 1. The molecule has 1 saturated heterocycles. The normalized spacial score (nSPS) is 22.8. The summed E-state index contributed by atoms with van der Waals surface area (Å²) in [7, 11) is 0. The number of fused-ring (bicyclic) bond motifs is 2. The van der Waals surface area contributed by atoms with Gasteiger partial charge < -0.3 is 10.2 Å². The maximum atomic E-state index is 13.4. The molecule has 0 aliphatic carbocycles. The van der Waals surface area contributed by atoms with E-state index in [0.717, 1.165) is 48.6 Å². The fraction of sp³-hybridized carbons (Fsp3) is 0.360. The zero-order valence-corrected chi connectivity index (χ0v) is 18.0. The van der Waals surface area contributed by atoms with E-state index in [9.17, 15) is 14.9 Å². The molecule has 3 unspecified atom stereocenters. The second kappa shape index (κ2) is 8.12. The van der Waals surface area contributed by atoms with E-state index >= 15 is 0 Å². The lowest BCUT2D eigenvalue weighted by Crippen LogP contribution is -2.43. The van der Waals surface area contributed by atoms with Crippen LogP contribution < -0.4 is 15.8 Å². The molecular formula is C25H25N5O2. The molecule has 2 N–H and O–H groups in total. The standard InChI is InChI=1S/C25H25N5O2/c1-2-16-10-5-6-13-30(16)25-28-22-21(24(32)29-25)20(19(14-26)23(31)27-22)18-12-7-9-15-8-3-4-11-17(15)18/h3-4,7-9,11-12,16,19-20H,2,5-6,10,13H2,1H3,(H2,27,28,29,31,32). The third-order valence-corrected chi connectivity index (χ3v) is 6.78. The quantitative estimate of drug-likeness (QED) is 0.660. The van der Waals surface area contributed by atoms with Crippen molar-refractivity contribution in [3.05, 3.63) is 63.9 Å². The molecule has 0 bridgehead atoms. The number of hydrogen-bond donors (Lipinski definition) is 2. The number of anilines is 2. The van der Waals surface area contributed by atoms with Crippen molar-refractivity contribution in [3.8, 4) is 6.07 Å². The van der Waals surface area contributed by atoms with E-state index in [1.165, 1.54) is 0 Å². The highest BCUT2D eigenvalue weighted by Gasteiger charge is 2.41. The van der Waals surface area contributed by atoms with E-state index in [2.05, 4.69) is 28.2 Å². The summed E-state index contributed by atoms with van der Waals surface area (Å²) in [6.07, 6.45) is 4.22. The van der Waals surface area contributed by atoms with Gasteiger partial charge in [0.05, 0.1) is 11.6 Å². The van der Waals surface area contributed by atoms with Crippen LogP contribution in [-0.4, -0.2) is 28.5 Å². The van der Waals surface area contributed by atoms with E-state index < -0.39 is 17.7 Å². The lowest BCUT2D eigenvalue weighted by Gasteiger charge is -2.36. The molecule has 1 amide bonds. The van der Waals surface area contributed by atoms with Gasteiger partial charge in [0.25, 0.3) is 5.56 Å². The van der Waals surface area contributed by atoms with E-state index in [-0.39, 0.29) is 11.4 Å². The van der Waals surface area contributed by atoms with Crippen LogP contribution >= 0.6 is 0 Å². The van der Waals surface area contributed by atoms with Gasteiger partial charge in [0.15, 0.2) is 0 Å². The number of hydrogen-bond acceptors (Lipinski definition) is 5. The van der Waals surface area contributed by atoms with Crippen LogP contribution in [0, 0.1) is 17.2 Å². The van der Waals surface area contributed by atoms with Crippen LogP contribution in [0.15, 0.2) is 47.3 Å². The number of carbonyl (C=O) groups excluding carboxylic acids is 1. The Morgan fingerprint density at radius 3 is 2.78 bits per heavy atom. The Kier molecular flexibility index (Phi) is 5.14. The fourth-order valence-corrected chi connectivity index (χ4v) is 5.20. The fourth-order valence-electron chi connectivity index (χ4n) is 5.20. The van der Waals surface area contributed by atoms with Gasteiger partial charge in [-0.05, 0) is 42.0 Å². The molecule has 2 aliphatic heterocycles.